The number of nitrogens with two attached hydrogens (primary N) is 1. The Labute approximate surface area is 137 Å². The topological polar surface area (TPSA) is 67.8 Å². The summed E-state index contributed by atoms with van der Waals surface area (Å²) in [5.74, 6) is -0.0116. The van der Waals surface area contributed by atoms with E-state index in [4.69, 9.17) is 15.7 Å². The van der Waals surface area contributed by atoms with Gasteiger partial charge in [0, 0.05) is 15.6 Å². The van der Waals surface area contributed by atoms with E-state index in [1.165, 1.54) is 12.1 Å². The van der Waals surface area contributed by atoms with Crippen molar-refractivity contribution < 1.29 is 14.3 Å². The zero-order valence-corrected chi connectivity index (χ0v) is 13.9. The molecule has 0 aliphatic heterocycles. The molecule has 110 valence electrons. The van der Waals surface area contributed by atoms with E-state index >= 15 is 0 Å². The molecule has 7 heteroatoms. The van der Waals surface area contributed by atoms with Crippen molar-refractivity contribution in [1.29, 1.82) is 0 Å². The quantitative estimate of drug-likeness (QED) is 0.341. The van der Waals surface area contributed by atoms with Crippen molar-refractivity contribution in [2.45, 2.75) is 6.61 Å². The van der Waals surface area contributed by atoms with Gasteiger partial charge in [0.1, 0.15) is 18.2 Å². The van der Waals surface area contributed by atoms with E-state index in [1.807, 2.05) is 12.1 Å². The van der Waals surface area contributed by atoms with E-state index < -0.39 is 5.82 Å². The Balaban J connectivity index is 2.13. The van der Waals surface area contributed by atoms with Gasteiger partial charge in [0.25, 0.3) is 0 Å². The molecule has 2 rings (SSSR count). The third kappa shape index (κ3) is 3.95. The zero-order chi connectivity index (χ0) is 15.4. The summed E-state index contributed by atoms with van der Waals surface area (Å²) >= 11 is 6.71. The fourth-order valence-corrected chi connectivity index (χ4v) is 2.79. The number of amidine groups is 1. The average Bonchev–Trinajstić information content (AvgIpc) is 2.46. The highest BCUT2D eigenvalue weighted by molar-refractivity contribution is 9.11. The molecule has 0 heterocycles. The summed E-state index contributed by atoms with van der Waals surface area (Å²) in [5.41, 5.74) is 6.09. The standard InChI is InChI=1S/C14H11Br2FN2O2/c15-10-3-4-13(11(16)6-10)21-7-9-2-1-8(5-12(9)17)14(18)19-20/h1-6,20H,7H2,(H2,18,19). The lowest BCUT2D eigenvalue weighted by Gasteiger charge is -2.10. The fraction of sp³-hybridized carbons (Fsp3) is 0.0714. The zero-order valence-electron chi connectivity index (χ0n) is 10.7. The maximum atomic E-state index is 13.9. The molecule has 2 aromatic carbocycles. The van der Waals surface area contributed by atoms with Crippen LogP contribution in [-0.4, -0.2) is 11.0 Å². The van der Waals surface area contributed by atoms with E-state index in [-0.39, 0.29) is 12.4 Å². The Bertz CT molecular complexity index is 693. The Kier molecular flexibility index (Phi) is 5.19. The molecule has 0 bridgehead atoms. The largest absolute Gasteiger partial charge is 0.488 e. The summed E-state index contributed by atoms with van der Waals surface area (Å²) in [4.78, 5) is 0. The van der Waals surface area contributed by atoms with Crippen LogP contribution >= 0.6 is 31.9 Å². The van der Waals surface area contributed by atoms with Crippen LogP contribution in [0.5, 0.6) is 5.75 Å². The minimum absolute atomic E-state index is 0.0719. The highest BCUT2D eigenvalue weighted by Gasteiger charge is 2.08. The van der Waals surface area contributed by atoms with Gasteiger partial charge >= 0.3 is 0 Å². The molecule has 0 amide bonds. The van der Waals surface area contributed by atoms with Crippen LogP contribution in [0, 0.1) is 5.82 Å². The molecule has 0 saturated carbocycles. The second-order valence-corrected chi connectivity index (χ2v) is 5.92. The van der Waals surface area contributed by atoms with Crippen LogP contribution in [0.4, 0.5) is 4.39 Å². The molecular formula is C14H11Br2FN2O2. The predicted octanol–water partition coefficient (Wildman–Crippen LogP) is 4.02. The Morgan fingerprint density at radius 1 is 1.24 bits per heavy atom. The third-order valence-electron chi connectivity index (χ3n) is 2.73. The monoisotopic (exact) mass is 416 g/mol. The molecule has 0 aliphatic rings. The first kappa shape index (κ1) is 15.8. The lowest BCUT2D eigenvalue weighted by molar-refractivity contribution is 0.298. The van der Waals surface area contributed by atoms with Crippen LogP contribution in [0.1, 0.15) is 11.1 Å². The molecule has 0 unspecified atom stereocenters. The number of benzene rings is 2. The van der Waals surface area contributed by atoms with Gasteiger partial charge < -0.3 is 15.7 Å². The number of hydrogen-bond acceptors (Lipinski definition) is 3. The number of nitrogens with zero attached hydrogens (tertiary/aromatic N) is 1. The molecule has 0 fully saturated rings. The second kappa shape index (κ2) is 6.91. The average molecular weight is 418 g/mol. The van der Waals surface area contributed by atoms with Gasteiger partial charge in [0.15, 0.2) is 5.84 Å². The van der Waals surface area contributed by atoms with Crippen molar-refractivity contribution in [3.05, 3.63) is 62.3 Å². The predicted molar refractivity (Wildman–Crippen MR) is 85.1 cm³/mol. The van der Waals surface area contributed by atoms with Gasteiger partial charge in [0.05, 0.1) is 4.47 Å². The van der Waals surface area contributed by atoms with Crippen molar-refractivity contribution >= 4 is 37.7 Å². The van der Waals surface area contributed by atoms with Crippen molar-refractivity contribution in [1.82, 2.24) is 0 Å². The third-order valence-corrected chi connectivity index (χ3v) is 3.85. The molecule has 0 saturated heterocycles. The fourth-order valence-electron chi connectivity index (χ4n) is 1.63. The van der Waals surface area contributed by atoms with Crippen LogP contribution in [-0.2, 0) is 6.61 Å². The lowest BCUT2D eigenvalue weighted by Crippen LogP contribution is -2.13. The van der Waals surface area contributed by atoms with Gasteiger partial charge in [-0.15, -0.1) is 0 Å². The normalized spacial score (nSPS) is 11.5. The molecule has 0 spiro atoms. The minimum Gasteiger partial charge on any atom is -0.488 e. The lowest BCUT2D eigenvalue weighted by atomic mass is 10.1. The maximum Gasteiger partial charge on any atom is 0.170 e. The number of rotatable bonds is 4. The first-order valence-electron chi connectivity index (χ1n) is 5.85. The van der Waals surface area contributed by atoms with Gasteiger partial charge in [-0.2, -0.15) is 0 Å². The molecule has 4 nitrogen and oxygen atoms in total. The van der Waals surface area contributed by atoms with Crippen molar-refractivity contribution in [3.8, 4) is 5.75 Å². The SMILES string of the molecule is NC(=NO)c1ccc(COc2ccc(Br)cc2Br)c(F)c1. The first-order chi connectivity index (χ1) is 10.0. The van der Waals surface area contributed by atoms with E-state index in [9.17, 15) is 4.39 Å². The van der Waals surface area contributed by atoms with E-state index in [1.54, 1.807) is 12.1 Å². The molecule has 3 N–H and O–H groups in total. The van der Waals surface area contributed by atoms with Gasteiger partial charge in [-0.1, -0.05) is 33.2 Å². The Morgan fingerprint density at radius 2 is 2.00 bits per heavy atom. The van der Waals surface area contributed by atoms with E-state index in [0.29, 0.717) is 16.9 Å². The molecule has 0 aromatic heterocycles. The van der Waals surface area contributed by atoms with Crippen molar-refractivity contribution in [2.75, 3.05) is 0 Å². The minimum atomic E-state index is -0.479. The molecule has 0 radical (unpaired) electrons. The molecular weight excluding hydrogens is 407 g/mol. The van der Waals surface area contributed by atoms with Crippen LogP contribution in [0.25, 0.3) is 0 Å². The molecule has 2 aromatic rings. The van der Waals surface area contributed by atoms with Crippen LogP contribution in [0.3, 0.4) is 0 Å². The van der Waals surface area contributed by atoms with Crippen LogP contribution in [0.2, 0.25) is 0 Å². The summed E-state index contributed by atoms with van der Waals surface area (Å²) < 4.78 is 21.2. The number of hydrogen-bond donors (Lipinski definition) is 2. The number of ether oxygens (including phenoxy) is 1. The van der Waals surface area contributed by atoms with E-state index in [0.717, 1.165) is 8.95 Å². The number of halogens is 3. The first-order valence-corrected chi connectivity index (χ1v) is 7.44. The van der Waals surface area contributed by atoms with Gasteiger partial charge in [-0.25, -0.2) is 4.39 Å². The van der Waals surface area contributed by atoms with E-state index in [2.05, 4.69) is 37.0 Å². The molecule has 21 heavy (non-hydrogen) atoms. The van der Waals surface area contributed by atoms with Crippen LogP contribution < -0.4 is 10.5 Å². The Morgan fingerprint density at radius 3 is 2.62 bits per heavy atom. The summed E-state index contributed by atoms with van der Waals surface area (Å²) in [6.45, 7) is 0.0719. The van der Waals surface area contributed by atoms with Gasteiger partial charge in [-0.05, 0) is 40.2 Å². The van der Waals surface area contributed by atoms with Gasteiger partial charge in [0.2, 0.25) is 0 Å². The Hall–Kier alpha value is -1.60. The second-order valence-electron chi connectivity index (χ2n) is 4.15. The van der Waals surface area contributed by atoms with Crippen molar-refractivity contribution in [2.24, 2.45) is 10.9 Å². The molecule has 0 aliphatic carbocycles. The highest BCUT2D eigenvalue weighted by Crippen LogP contribution is 2.29. The summed E-state index contributed by atoms with van der Waals surface area (Å²) in [6, 6.07) is 9.75. The van der Waals surface area contributed by atoms with Crippen LogP contribution in [0.15, 0.2) is 50.5 Å². The number of oxime groups is 1. The van der Waals surface area contributed by atoms with Crippen molar-refractivity contribution in [3.63, 3.8) is 0 Å². The smallest absolute Gasteiger partial charge is 0.170 e. The highest BCUT2D eigenvalue weighted by atomic mass is 79.9. The summed E-state index contributed by atoms with van der Waals surface area (Å²) in [6.07, 6.45) is 0. The van der Waals surface area contributed by atoms with Gasteiger partial charge in [-0.3, -0.25) is 0 Å². The summed E-state index contributed by atoms with van der Waals surface area (Å²) in [5, 5.41) is 11.4. The summed E-state index contributed by atoms with van der Waals surface area (Å²) in [7, 11) is 0. The molecule has 0 atom stereocenters. The maximum absolute atomic E-state index is 13.9.